The summed E-state index contributed by atoms with van der Waals surface area (Å²) in [5, 5.41) is 6.84. The minimum Gasteiger partial charge on any atom is -0.451 e. The van der Waals surface area contributed by atoms with Crippen molar-refractivity contribution in [3.63, 3.8) is 0 Å². The van der Waals surface area contributed by atoms with E-state index in [0.29, 0.717) is 15.8 Å². The van der Waals surface area contributed by atoms with Gasteiger partial charge in [-0.05, 0) is 25.1 Å². The van der Waals surface area contributed by atoms with E-state index in [9.17, 15) is 18.0 Å². The maximum absolute atomic E-state index is 12.3. The molecule has 2 aromatic heterocycles. The van der Waals surface area contributed by atoms with Crippen molar-refractivity contribution in [3.05, 3.63) is 46.4 Å². The van der Waals surface area contributed by atoms with E-state index in [1.54, 1.807) is 19.1 Å². The van der Waals surface area contributed by atoms with E-state index in [1.807, 2.05) is 6.07 Å². The van der Waals surface area contributed by atoms with Crippen molar-refractivity contribution in [2.75, 3.05) is 5.32 Å². The summed E-state index contributed by atoms with van der Waals surface area (Å²) in [4.78, 5) is 12.3. The molecule has 1 amide bonds. The van der Waals surface area contributed by atoms with E-state index in [1.165, 1.54) is 0 Å². The van der Waals surface area contributed by atoms with Gasteiger partial charge in [-0.15, -0.1) is 0 Å². The lowest BCUT2D eigenvalue weighted by molar-refractivity contribution is -0.142. The zero-order valence-corrected chi connectivity index (χ0v) is 13.9. The van der Waals surface area contributed by atoms with Crippen LogP contribution in [0.25, 0.3) is 11.0 Å². The van der Waals surface area contributed by atoms with Crippen LogP contribution in [-0.4, -0.2) is 21.9 Å². The van der Waals surface area contributed by atoms with E-state index in [-0.39, 0.29) is 11.4 Å². The number of alkyl halides is 3. The van der Waals surface area contributed by atoms with Crippen LogP contribution in [0.3, 0.4) is 0 Å². The lowest BCUT2D eigenvalue weighted by Crippen LogP contribution is -2.18. The first-order valence-electron chi connectivity index (χ1n) is 6.82. The van der Waals surface area contributed by atoms with Crippen LogP contribution < -0.4 is 5.32 Å². The average molecular weight is 402 g/mol. The monoisotopic (exact) mass is 401 g/mol. The van der Waals surface area contributed by atoms with Gasteiger partial charge in [-0.3, -0.25) is 9.48 Å². The van der Waals surface area contributed by atoms with Crippen molar-refractivity contribution >= 4 is 38.5 Å². The van der Waals surface area contributed by atoms with E-state index in [2.05, 4.69) is 26.3 Å². The molecule has 2 heterocycles. The summed E-state index contributed by atoms with van der Waals surface area (Å²) in [6, 6.07) is 5.34. The van der Waals surface area contributed by atoms with E-state index >= 15 is 0 Å². The Balaban J connectivity index is 1.82. The lowest BCUT2D eigenvalue weighted by Gasteiger charge is -2.05. The molecule has 1 N–H and O–H groups in total. The van der Waals surface area contributed by atoms with Gasteiger partial charge in [-0.1, -0.05) is 15.9 Å². The second-order valence-corrected chi connectivity index (χ2v) is 6.11. The number of hydrogen-bond donors (Lipinski definition) is 1. The summed E-state index contributed by atoms with van der Waals surface area (Å²) in [6.45, 7) is 0.515. The molecule has 0 aliphatic rings. The van der Waals surface area contributed by atoms with E-state index in [0.717, 1.165) is 22.3 Å². The lowest BCUT2D eigenvalue weighted by atomic mass is 10.1. The average Bonchev–Trinajstić information content (AvgIpc) is 3.02. The van der Waals surface area contributed by atoms with Crippen LogP contribution in [0, 0.1) is 6.92 Å². The van der Waals surface area contributed by atoms with Crippen molar-refractivity contribution in [2.24, 2.45) is 0 Å². The van der Waals surface area contributed by atoms with Crippen LogP contribution in [0.5, 0.6) is 0 Å². The highest BCUT2D eigenvalue weighted by Crippen LogP contribution is 2.28. The van der Waals surface area contributed by atoms with Crippen LogP contribution in [0.15, 0.2) is 39.5 Å². The Morgan fingerprint density at radius 2 is 2.17 bits per heavy atom. The third kappa shape index (κ3) is 3.45. The highest BCUT2D eigenvalue weighted by Gasteiger charge is 2.28. The minimum atomic E-state index is -4.38. The SMILES string of the molecule is Cc1c(C(=O)Nc2cnn(CC(F)(F)F)c2)oc2ccc(Br)cc12. The Hall–Kier alpha value is -2.29. The molecule has 1 aromatic carbocycles. The maximum Gasteiger partial charge on any atom is 0.408 e. The summed E-state index contributed by atoms with van der Waals surface area (Å²) in [6.07, 6.45) is -2.12. The number of fused-ring (bicyclic) bond motifs is 1. The van der Waals surface area contributed by atoms with Gasteiger partial charge in [0, 0.05) is 21.6 Å². The summed E-state index contributed by atoms with van der Waals surface area (Å²) in [5.41, 5.74) is 1.35. The molecule has 0 unspecified atom stereocenters. The predicted molar refractivity (Wildman–Crippen MR) is 84.9 cm³/mol. The first kappa shape index (κ1) is 16.6. The quantitative estimate of drug-likeness (QED) is 0.701. The number of carbonyl (C=O) groups is 1. The van der Waals surface area contributed by atoms with Gasteiger partial charge in [0.1, 0.15) is 12.1 Å². The van der Waals surface area contributed by atoms with Crippen molar-refractivity contribution in [1.82, 2.24) is 9.78 Å². The minimum absolute atomic E-state index is 0.103. The molecule has 0 atom stereocenters. The molecule has 0 radical (unpaired) electrons. The van der Waals surface area contributed by atoms with Crippen LogP contribution in [0.4, 0.5) is 18.9 Å². The number of hydrogen-bond acceptors (Lipinski definition) is 3. The largest absolute Gasteiger partial charge is 0.451 e. The fourth-order valence-electron chi connectivity index (χ4n) is 2.30. The molecule has 0 saturated carbocycles. The molecule has 0 bridgehead atoms. The molecule has 126 valence electrons. The highest BCUT2D eigenvalue weighted by molar-refractivity contribution is 9.10. The Kier molecular flexibility index (Phi) is 4.12. The molecular formula is C15H11BrF3N3O2. The number of benzene rings is 1. The van der Waals surface area contributed by atoms with Crippen molar-refractivity contribution in [1.29, 1.82) is 0 Å². The summed E-state index contributed by atoms with van der Waals surface area (Å²) in [5.74, 6) is -0.446. The Bertz CT molecular complexity index is 914. The molecule has 3 rings (SSSR count). The van der Waals surface area contributed by atoms with Gasteiger partial charge in [0.25, 0.3) is 5.91 Å². The van der Waals surface area contributed by atoms with Crippen molar-refractivity contribution in [3.8, 4) is 0 Å². The fraction of sp³-hybridized carbons (Fsp3) is 0.200. The molecule has 0 spiro atoms. The summed E-state index contributed by atoms with van der Waals surface area (Å²) in [7, 11) is 0. The van der Waals surface area contributed by atoms with Crippen LogP contribution in [0.1, 0.15) is 16.1 Å². The van der Waals surface area contributed by atoms with Gasteiger partial charge in [0.05, 0.1) is 11.9 Å². The third-order valence-electron chi connectivity index (χ3n) is 3.34. The third-order valence-corrected chi connectivity index (χ3v) is 3.83. The van der Waals surface area contributed by atoms with Crippen LogP contribution in [0.2, 0.25) is 0 Å². The summed E-state index contributed by atoms with van der Waals surface area (Å²) < 4.78 is 44.0. The first-order valence-corrected chi connectivity index (χ1v) is 7.61. The van der Waals surface area contributed by atoms with Crippen LogP contribution >= 0.6 is 15.9 Å². The summed E-state index contributed by atoms with van der Waals surface area (Å²) >= 11 is 3.35. The number of carbonyl (C=O) groups excluding carboxylic acids is 1. The normalized spacial score (nSPS) is 11.9. The van der Waals surface area contributed by atoms with Gasteiger partial charge < -0.3 is 9.73 Å². The number of furan rings is 1. The highest BCUT2D eigenvalue weighted by atomic mass is 79.9. The number of nitrogens with one attached hydrogen (secondary N) is 1. The molecule has 0 saturated heterocycles. The second kappa shape index (κ2) is 5.97. The van der Waals surface area contributed by atoms with E-state index < -0.39 is 18.6 Å². The smallest absolute Gasteiger partial charge is 0.408 e. The Morgan fingerprint density at radius 3 is 2.88 bits per heavy atom. The van der Waals surface area contributed by atoms with Crippen molar-refractivity contribution < 1.29 is 22.4 Å². The molecule has 3 aromatic rings. The molecule has 9 heteroatoms. The molecule has 5 nitrogen and oxygen atoms in total. The van der Waals surface area contributed by atoms with E-state index in [4.69, 9.17) is 4.42 Å². The van der Waals surface area contributed by atoms with Gasteiger partial charge in [0.15, 0.2) is 5.76 Å². The van der Waals surface area contributed by atoms with Crippen molar-refractivity contribution in [2.45, 2.75) is 19.6 Å². The zero-order valence-electron chi connectivity index (χ0n) is 12.3. The molecule has 0 fully saturated rings. The maximum atomic E-state index is 12.3. The molecule has 24 heavy (non-hydrogen) atoms. The van der Waals surface area contributed by atoms with Crippen LogP contribution in [-0.2, 0) is 6.54 Å². The molecular weight excluding hydrogens is 391 g/mol. The number of aromatic nitrogens is 2. The topological polar surface area (TPSA) is 60.1 Å². The predicted octanol–water partition coefficient (Wildman–Crippen LogP) is 4.51. The number of nitrogens with zero attached hydrogens (tertiary/aromatic N) is 2. The van der Waals surface area contributed by atoms with Gasteiger partial charge in [-0.2, -0.15) is 18.3 Å². The number of rotatable bonds is 3. The fourth-order valence-corrected chi connectivity index (χ4v) is 2.66. The number of aryl methyl sites for hydroxylation is 1. The van der Waals surface area contributed by atoms with Gasteiger partial charge >= 0.3 is 6.18 Å². The number of anilines is 1. The zero-order chi connectivity index (χ0) is 17.5. The molecule has 0 aliphatic carbocycles. The molecule has 0 aliphatic heterocycles. The number of halogens is 4. The van der Waals surface area contributed by atoms with Gasteiger partial charge in [0.2, 0.25) is 0 Å². The van der Waals surface area contributed by atoms with Gasteiger partial charge in [-0.25, -0.2) is 0 Å². The Labute approximate surface area is 142 Å². The second-order valence-electron chi connectivity index (χ2n) is 5.19. The standard InChI is InChI=1S/C15H11BrF3N3O2/c1-8-11-4-9(16)2-3-12(11)24-13(8)14(23)21-10-5-20-22(6-10)7-15(17,18)19/h2-6H,7H2,1H3,(H,21,23). The first-order chi connectivity index (χ1) is 11.2. The Morgan fingerprint density at radius 1 is 1.42 bits per heavy atom. The number of amides is 1.